The van der Waals surface area contributed by atoms with Gasteiger partial charge in [-0.15, -0.1) is 11.3 Å². The number of likely N-dealkylation sites (tertiary alicyclic amines) is 1. The number of halogens is 2. The first kappa shape index (κ1) is 52.2. The Morgan fingerprint density at radius 2 is 1.72 bits per heavy atom. The number of hydrogen-bond donors (Lipinski definition) is 5. The molecule has 20 heteroatoms. The number of aliphatic hydroxyl groups excluding tert-OH is 1. The van der Waals surface area contributed by atoms with Gasteiger partial charge in [0.2, 0.25) is 17.8 Å². The summed E-state index contributed by atoms with van der Waals surface area (Å²) in [7, 11) is 3.28. The minimum absolute atomic E-state index is 0.0508. The number of methoxy groups -OCH3 is 1. The number of thioether (sulfide) groups is 1. The fourth-order valence-corrected chi connectivity index (χ4v) is 12.1. The Labute approximate surface area is 428 Å². The molecule has 4 aliphatic rings. The quantitative estimate of drug-likeness (QED) is 0.0670. The number of carbonyl (C=O) groups excluding carboxylic acids is 4. The maximum absolute atomic E-state index is 15.2. The van der Waals surface area contributed by atoms with Crippen molar-refractivity contribution < 1.29 is 33.4 Å². The van der Waals surface area contributed by atoms with Crippen LogP contribution in [0.4, 0.5) is 21.8 Å². The highest BCUT2D eigenvalue weighted by molar-refractivity contribution is 8.00. The van der Waals surface area contributed by atoms with Crippen LogP contribution in [-0.4, -0.2) is 146 Å². The zero-order chi connectivity index (χ0) is 50.6. The van der Waals surface area contributed by atoms with Crippen LogP contribution in [0.2, 0.25) is 5.02 Å². The molecule has 2 aromatic heterocycles. The second-order valence-electron chi connectivity index (χ2n) is 20.0. The molecule has 71 heavy (non-hydrogen) atoms. The summed E-state index contributed by atoms with van der Waals surface area (Å²) in [6.45, 7) is 11.4. The van der Waals surface area contributed by atoms with Gasteiger partial charge in [-0.3, -0.25) is 24.1 Å². The number of rotatable bonds is 18. The average molecular weight is 1030 g/mol. The molecule has 0 spiro atoms. The highest BCUT2D eigenvalue weighted by Crippen LogP contribution is 2.42. The van der Waals surface area contributed by atoms with Gasteiger partial charge in [-0.1, -0.05) is 35.9 Å². The second kappa shape index (κ2) is 22.4. The molecule has 4 amide bonds. The van der Waals surface area contributed by atoms with E-state index in [4.69, 9.17) is 16.3 Å². The number of aromatic nitrogens is 3. The van der Waals surface area contributed by atoms with Crippen LogP contribution in [0.3, 0.4) is 0 Å². The topological polar surface area (TPSA) is 194 Å². The molecule has 5 N–H and O–H groups in total. The Kier molecular flexibility index (Phi) is 16.5. The Morgan fingerprint density at radius 3 is 2.37 bits per heavy atom. The molecule has 382 valence electrons. The third-order valence-corrected chi connectivity index (χ3v) is 17.3. The molecule has 2 aromatic carbocycles. The van der Waals surface area contributed by atoms with Crippen LogP contribution < -0.4 is 26.0 Å². The SMILES string of the molecule is CNc1nc(Nc2ccc(C(=O)N3CCN(CC4CCC(CSC(C)(C)[C@H](NC(=O)C5(F)CC5)C(=O)N5C[C@H](O)CC5C(=O)N[C@@H](C)c5ccc(-c6scnc6C)cc5)CC4)CC3)cc2OC)ncc1Cl. The molecule has 4 atom stereocenters. The van der Waals surface area contributed by atoms with Crippen molar-refractivity contribution in [1.82, 2.24) is 40.3 Å². The molecule has 4 aromatic rings. The van der Waals surface area contributed by atoms with Crippen LogP contribution in [0.5, 0.6) is 5.75 Å². The number of aryl methyl sites for hydroxylation is 1. The molecule has 1 unspecified atom stereocenters. The van der Waals surface area contributed by atoms with Gasteiger partial charge in [0.05, 0.1) is 47.2 Å². The van der Waals surface area contributed by atoms with Crippen molar-refractivity contribution in [2.45, 2.75) is 107 Å². The molecule has 2 aliphatic carbocycles. The smallest absolute Gasteiger partial charge is 0.258 e. The van der Waals surface area contributed by atoms with E-state index in [1.807, 2.05) is 62.4 Å². The number of alkyl halides is 1. The summed E-state index contributed by atoms with van der Waals surface area (Å²) in [5.74, 6) is 1.22. The van der Waals surface area contributed by atoms with Crippen molar-refractivity contribution in [2.75, 3.05) is 69.8 Å². The van der Waals surface area contributed by atoms with E-state index in [1.54, 1.807) is 55.5 Å². The fourth-order valence-electron chi connectivity index (χ4n) is 9.83. The molecule has 4 fully saturated rings. The van der Waals surface area contributed by atoms with E-state index < -0.39 is 46.3 Å². The number of ether oxygens (including phenoxy) is 1. The molecule has 8 rings (SSSR count). The van der Waals surface area contributed by atoms with E-state index in [2.05, 4.69) is 41.1 Å². The Balaban J connectivity index is 0.816. The highest BCUT2D eigenvalue weighted by atomic mass is 35.5. The van der Waals surface area contributed by atoms with E-state index in [1.165, 1.54) is 11.1 Å². The first-order valence-corrected chi connectivity index (χ1v) is 26.8. The number of anilines is 3. The van der Waals surface area contributed by atoms with Gasteiger partial charge in [-0.25, -0.2) is 14.4 Å². The standard InChI is InChI=1S/C51H66ClFN10O6S2/c1-30(34-11-13-35(14-12-34)42-31(2)56-29-70-42)57-45(65)40-24-37(64)27-63(40)47(67)43(59-48(68)51(53)17-18-51)50(3,4)71-28-33-9-7-32(8-10-33)26-61-19-21-62(22-20-61)46(66)36-15-16-39(41(23-36)69-6)58-49-55-25-38(52)44(54-5)60-49/h11-16,23,25,29-30,32-33,37,40,43,64H,7-10,17-22,24,26-28H2,1-6H3,(H,57,65)(H,59,68)(H2,54,55,58,60)/t30-,32?,33?,37+,40?,43+/m0/s1. The van der Waals surface area contributed by atoms with Crippen LogP contribution >= 0.6 is 34.7 Å². The maximum Gasteiger partial charge on any atom is 0.258 e. The second-order valence-corrected chi connectivity index (χ2v) is 22.9. The number of hydrogen-bond acceptors (Lipinski definition) is 14. The van der Waals surface area contributed by atoms with E-state index in [0.29, 0.717) is 58.7 Å². The maximum atomic E-state index is 15.2. The molecule has 0 radical (unpaired) electrons. The lowest BCUT2D eigenvalue weighted by molar-refractivity contribution is -0.143. The van der Waals surface area contributed by atoms with E-state index in [9.17, 15) is 24.3 Å². The third-order valence-electron chi connectivity index (χ3n) is 14.5. The monoisotopic (exact) mass is 1030 g/mol. The van der Waals surface area contributed by atoms with Crippen LogP contribution in [-0.2, 0) is 14.4 Å². The molecule has 0 bridgehead atoms. The lowest BCUT2D eigenvalue weighted by Gasteiger charge is -2.40. The van der Waals surface area contributed by atoms with Crippen molar-refractivity contribution in [2.24, 2.45) is 11.8 Å². The van der Waals surface area contributed by atoms with Gasteiger partial charge >= 0.3 is 0 Å². The number of amides is 4. The third kappa shape index (κ3) is 12.4. The zero-order valence-corrected chi connectivity index (χ0v) is 43.7. The summed E-state index contributed by atoms with van der Waals surface area (Å²) in [4.78, 5) is 75.3. The summed E-state index contributed by atoms with van der Waals surface area (Å²) in [5, 5.41) is 23.2. The predicted octanol–water partition coefficient (Wildman–Crippen LogP) is 7.26. The molecule has 2 saturated heterocycles. The number of nitrogens with one attached hydrogen (secondary N) is 4. The van der Waals surface area contributed by atoms with Gasteiger partial charge in [0, 0.05) is 63.0 Å². The summed E-state index contributed by atoms with van der Waals surface area (Å²) in [6, 6.07) is 10.7. The summed E-state index contributed by atoms with van der Waals surface area (Å²) in [6.07, 6.45) is 4.98. The van der Waals surface area contributed by atoms with Crippen molar-refractivity contribution in [3.8, 4) is 16.2 Å². The fraction of sp³-hybridized carbons (Fsp3) is 0.549. The van der Waals surface area contributed by atoms with Crippen molar-refractivity contribution in [3.63, 3.8) is 0 Å². The Bertz CT molecular complexity index is 2550. The van der Waals surface area contributed by atoms with Gasteiger partial charge in [0.25, 0.3) is 11.8 Å². The number of β-amino-alcohol motifs (C(OH)–C–C–N with tert-alkyl or cyclic N) is 1. The van der Waals surface area contributed by atoms with Crippen molar-refractivity contribution >= 4 is 75.8 Å². The molecule has 2 aliphatic heterocycles. The van der Waals surface area contributed by atoms with Crippen molar-refractivity contribution in [1.29, 1.82) is 0 Å². The van der Waals surface area contributed by atoms with Crippen LogP contribution in [0.15, 0.2) is 54.2 Å². The number of nitrogens with zero attached hydrogens (tertiary/aromatic N) is 6. The molecule has 4 heterocycles. The zero-order valence-electron chi connectivity index (χ0n) is 41.3. The Hall–Kier alpha value is -5.08. The molecular weight excluding hydrogens is 967 g/mol. The largest absolute Gasteiger partial charge is 0.495 e. The van der Waals surface area contributed by atoms with E-state index >= 15 is 4.39 Å². The number of thiazole rings is 1. The van der Waals surface area contributed by atoms with Gasteiger partial charge in [-0.2, -0.15) is 16.7 Å². The van der Waals surface area contributed by atoms with E-state index in [0.717, 1.165) is 72.8 Å². The summed E-state index contributed by atoms with van der Waals surface area (Å²) in [5.41, 5.74) is 3.84. The van der Waals surface area contributed by atoms with Gasteiger partial charge in [0.1, 0.15) is 28.7 Å². The van der Waals surface area contributed by atoms with Crippen LogP contribution in [0.25, 0.3) is 10.4 Å². The first-order valence-electron chi connectivity index (χ1n) is 24.6. The Morgan fingerprint density at radius 1 is 1.01 bits per heavy atom. The lowest BCUT2D eigenvalue weighted by atomic mass is 9.82. The predicted molar refractivity (Wildman–Crippen MR) is 277 cm³/mol. The minimum Gasteiger partial charge on any atom is -0.495 e. The van der Waals surface area contributed by atoms with Gasteiger partial charge in [-0.05, 0) is 113 Å². The molecular formula is C51H66ClFN10O6S2. The average Bonchev–Trinajstić information content (AvgIpc) is 3.78. The van der Waals surface area contributed by atoms with Crippen molar-refractivity contribution in [3.05, 3.63) is 76.0 Å². The number of piperazine rings is 1. The minimum atomic E-state index is -2.00. The van der Waals surface area contributed by atoms with Gasteiger partial charge in [0.15, 0.2) is 5.67 Å². The normalized spacial score (nSPS) is 22.0. The summed E-state index contributed by atoms with van der Waals surface area (Å²) >= 11 is 9.30. The first-order chi connectivity index (χ1) is 33.9. The number of benzene rings is 2. The van der Waals surface area contributed by atoms with Crippen LogP contribution in [0, 0.1) is 18.8 Å². The number of carbonyl (C=O) groups is 4. The van der Waals surface area contributed by atoms with E-state index in [-0.39, 0.29) is 37.8 Å². The van der Waals surface area contributed by atoms with Gasteiger partial charge < -0.3 is 40.9 Å². The summed E-state index contributed by atoms with van der Waals surface area (Å²) < 4.78 is 20.0. The lowest BCUT2D eigenvalue weighted by Crippen LogP contribution is -2.61. The molecule has 16 nitrogen and oxygen atoms in total. The number of aliphatic hydroxyl groups is 1. The highest BCUT2D eigenvalue weighted by Gasteiger charge is 2.54. The van der Waals surface area contributed by atoms with Crippen LogP contribution in [0.1, 0.15) is 93.4 Å². The molecule has 2 saturated carbocycles.